The average Bonchev–Trinajstić information content (AvgIpc) is 3.18. The van der Waals surface area contributed by atoms with Crippen LogP contribution in [0.25, 0.3) is 11.3 Å². The van der Waals surface area contributed by atoms with Gasteiger partial charge in [0, 0.05) is 28.5 Å². The maximum Gasteiger partial charge on any atom is 0.269 e. The molecule has 28 heavy (non-hydrogen) atoms. The molecule has 0 aliphatic carbocycles. The van der Waals surface area contributed by atoms with Crippen molar-refractivity contribution in [2.45, 2.75) is 12.5 Å². The molecule has 2 amide bonds. The number of aromatic amines is 1. The Kier molecular flexibility index (Phi) is 6.49. The van der Waals surface area contributed by atoms with Crippen molar-refractivity contribution in [3.05, 3.63) is 75.4 Å². The van der Waals surface area contributed by atoms with Gasteiger partial charge in [0.2, 0.25) is 5.91 Å². The lowest BCUT2D eigenvalue weighted by Gasteiger charge is -2.17. The predicted octanol–water partition coefficient (Wildman–Crippen LogP) is 3.58. The first-order valence-corrected chi connectivity index (χ1v) is 9.71. The summed E-state index contributed by atoms with van der Waals surface area (Å²) in [5.74, 6) is -0.679. The SMILES string of the molecule is CNC(=O)[C@H](Cc1cccc(Br)c1)NC(=O)c1cc(-c2ccc(Cl)cc2)n[nH]1. The number of halogens is 2. The summed E-state index contributed by atoms with van der Waals surface area (Å²) in [5, 5.41) is 12.9. The van der Waals surface area contributed by atoms with E-state index in [9.17, 15) is 9.59 Å². The summed E-state index contributed by atoms with van der Waals surface area (Å²) in [6, 6.07) is 15.7. The number of amides is 2. The highest BCUT2D eigenvalue weighted by molar-refractivity contribution is 9.10. The molecule has 3 rings (SSSR count). The third-order valence-electron chi connectivity index (χ3n) is 4.16. The van der Waals surface area contributed by atoms with E-state index in [1.807, 2.05) is 36.4 Å². The fraction of sp³-hybridized carbons (Fsp3) is 0.150. The summed E-state index contributed by atoms with van der Waals surface area (Å²) >= 11 is 9.31. The number of likely N-dealkylation sites (N-methyl/N-ethyl adjacent to an activating group) is 1. The van der Waals surface area contributed by atoms with E-state index < -0.39 is 11.9 Å². The van der Waals surface area contributed by atoms with Gasteiger partial charge in [-0.25, -0.2) is 0 Å². The third-order valence-corrected chi connectivity index (χ3v) is 4.90. The van der Waals surface area contributed by atoms with E-state index in [-0.39, 0.29) is 11.6 Å². The van der Waals surface area contributed by atoms with Gasteiger partial charge in [-0.2, -0.15) is 5.10 Å². The van der Waals surface area contributed by atoms with Crippen LogP contribution >= 0.6 is 27.5 Å². The van der Waals surface area contributed by atoms with Crippen LogP contribution in [0.3, 0.4) is 0 Å². The van der Waals surface area contributed by atoms with Crippen LogP contribution in [0.1, 0.15) is 16.1 Å². The third kappa shape index (κ3) is 4.99. The molecule has 8 heteroatoms. The Morgan fingerprint density at radius 3 is 2.61 bits per heavy atom. The van der Waals surface area contributed by atoms with Crippen molar-refractivity contribution in [3.63, 3.8) is 0 Å². The number of hydrogen-bond donors (Lipinski definition) is 3. The van der Waals surface area contributed by atoms with Gasteiger partial charge in [0.15, 0.2) is 0 Å². The summed E-state index contributed by atoms with van der Waals surface area (Å²) in [6.07, 6.45) is 0.364. The Morgan fingerprint density at radius 1 is 1.18 bits per heavy atom. The second-order valence-corrected chi connectivity index (χ2v) is 7.50. The van der Waals surface area contributed by atoms with Gasteiger partial charge < -0.3 is 10.6 Å². The molecule has 144 valence electrons. The highest BCUT2D eigenvalue weighted by atomic mass is 79.9. The summed E-state index contributed by atoms with van der Waals surface area (Å²) in [4.78, 5) is 24.9. The summed E-state index contributed by atoms with van der Waals surface area (Å²) in [7, 11) is 1.54. The molecular weight excluding hydrogens is 444 g/mol. The largest absolute Gasteiger partial charge is 0.357 e. The van der Waals surface area contributed by atoms with Gasteiger partial charge in [0.25, 0.3) is 5.91 Å². The van der Waals surface area contributed by atoms with Crippen LogP contribution in [0.2, 0.25) is 5.02 Å². The summed E-state index contributed by atoms with van der Waals surface area (Å²) < 4.78 is 0.910. The molecular formula is C20H18BrClN4O2. The molecule has 1 aromatic heterocycles. The Labute approximate surface area is 175 Å². The molecule has 2 aromatic carbocycles. The fourth-order valence-corrected chi connectivity index (χ4v) is 3.30. The van der Waals surface area contributed by atoms with E-state index in [4.69, 9.17) is 11.6 Å². The molecule has 0 unspecified atom stereocenters. The maximum atomic E-state index is 12.6. The number of benzene rings is 2. The average molecular weight is 462 g/mol. The quantitative estimate of drug-likeness (QED) is 0.524. The molecule has 3 aromatic rings. The van der Waals surface area contributed by atoms with E-state index in [0.29, 0.717) is 17.1 Å². The second-order valence-electron chi connectivity index (χ2n) is 6.15. The van der Waals surface area contributed by atoms with Crippen LogP contribution in [0.15, 0.2) is 59.1 Å². The number of nitrogens with one attached hydrogen (secondary N) is 3. The van der Waals surface area contributed by atoms with Gasteiger partial charge in [-0.15, -0.1) is 0 Å². The Hall–Kier alpha value is -2.64. The number of hydrogen-bond acceptors (Lipinski definition) is 3. The number of carbonyl (C=O) groups is 2. The monoisotopic (exact) mass is 460 g/mol. The van der Waals surface area contributed by atoms with Gasteiger partial charge in [0.05, 0.1) is 5.69 Å². The van der Waals surface area contributed by atoms with E-state index in [1.165, 1.54) is 7.05 Å². The topological polar surface area (TPSA) is 86.9 Å². The number of rotatable bonds is 6. The number of H-pyrrole nitrogens is 1. The maximum absolute atomic E-state index is 12.6. The molecule has 0 aliphatic rings. The summed E-state index contributed by atoms with van der Waals surface area (Å²) in [6.45, 7) is 0. The summed E-state index contributed by atoms with van der Waals surface area (Å²) in [5.41, 5.74) is 2.64. The van der Waals surface area contributed by atoms with Crippen molar-refractivity contribution in [2.75, 3.05) is 7.05 Å². The number of carbonyl (C=O) groups excluding carboxylic acids is 2. The Morgan fingerprint density at radius 2 is 1.93 bits per heavy atom. The molecule has 1 atom stereocenters. The van der Waals surface area contributed by atoms with Gasteiger partial charge >= 0.3 is 0 Å². The minimum absolute atomic E-state index is 0.271. The highest BCUT2D eigenvalue weighted by Gasteiger charge is 2.22. The second kappa shape index (κ2) is 9.03. The van der Waals surface area contributed by atoms with Crippen molar-refractivity contribution < 1.29 is 9.59 Å². The predicted molar refractivity (Wildman–Crippen MR) is 112 cm³/mol. The van der Waals surface area contributed by atoms with Crippen LogP contribution in [0.4, 0.5) is 0 Å². The normalized spacial score (nSPS) is 11.7. The first kappa shape index (κ1) is 20.1. The van der Waals surface area contributed by atoms with Crippen LogP contribution < -0.4 is 10.6 Å². The molecule has 0 saturated heterocycles. The van der Waals surface area contributed by atoms with Gasteiger partial charge in [0.1, 0.15) is 11.7 Å². The molecule has 0 saturated carbocycles. The molecule has 6 nitrogen and oxygen atoms in total. The fourth-order valence-electron chi connectivity index (χ4n) is 2.73. The van der Waals surface area contributed by atoms with Crippen molar-refractivity contribution in [1.29, 1.82) is 0 Å². The molecule has 0 radical (unpaired) electrons. The van der Waals surface area contributed by atoms with E-state index in [2.05, 4.69) is 36.8 Å². The van der Waals surface area contributed by atoms with Crippen molar-refractivity contribution in [3.8, 4) is 11.3 Å². The van der Waals surface area contributed by atoms with E-state index in [0.717, 1.165) is 15.6 Å². The minimum Gasteiger partial charge on any atom is -0.357 e. The van der Waals surface area contributed by atoms with Gasteiger partial charge in [-0.05, 0) is 35.9 Å². The van der Waals surface area contributed by atoms with Crippen LogP contribution in [0.5, 0.6) is 0 Å². The zero-order valence-corrected chi connectivity index (χ0v) is 17.3. The molecule has 3 N–H and O–H groups in total. The van der Waals surface area contributed by atoms with Crippen molar-refractivity contribution in [2.24, 2.45) is 0 Å². The zero-order chi connectivity index (χ0) is 20.1. The van der Waals surface area contributed by atoms with Crippen LogP contribution in [-0.2, 0) is 11.2 Å². The van der Waals surface area contributed by atoms with Crippen LogP contribution in [0, 0.1) is 0 Å². The molecule has 0 bridgehead atoms. The lowest BCUT2D eigenvalue weighted by Crippen LogP contribution is -2.47. The highest BCUT2D eigenvalue weighted by Crippen LogP contribution is 2.20. The number of nitrogens with zero attached hydrogens (tertiary/aromatic N) is 1. The van der Waals surface area contributed by atoms with Gasteiger partial charge in [-0.3, -0.25) is 14.7 Å². The molecule has 1 heterocycles. The number of aromatic nitrogens is 2. The first-order valence-electron chi connectivity index (χ1n) is 8.54. The Balaban J connectivity index is 1.74. The first-order chi connectivity index (χ1) is 13.5. The van der Waals surface area contributed by atoms with E-state index >= 15 is 0 Å². The van der Waals surface area contributed by atoms with Crippen LogP contribution in [-0.4, -0.2) is 35.1 Å². The molecule has 0 spiro atoms. The molecule has 0 fully saturated rings. The smallest absolute Gasteiger partial charge is 0.269 e. The van der Waals surface area contributed by atoms with Crippen molar-refractivity contribution >= 4 is 39.3 Å². The van der Waals surface area contributed by atoms with Gasteiger partial charge in [-0.1, -0.05) is 51.8 Å². The van der Waals surface area contributed by atoms with E-state index in [1.54, 1.807) is 18.2 Å². The zero-order valence-electron chi connectivity index (χ0n) is 15.0. The lowest BCUT2D eigenvalue weighted by atomic mass is 10.0. The van der Waals surface area contributed by atoms with Crippen molar-refractivity contribution in [1.82, 2.24) is 20.8 Å². The molecule has 0 aliphatic heterocycles. The lowest BCUT2D eigenvalue weighted by molar-refractivity contribution is -0.122. The Bertz CT molecular complexity index is 988. The minimum atomic E-state index is -0.714. The standard InChI is InChI=1S/C20H18BrClN4O2/c1-23-19(27)17(10-12-3-2-4-14(21)9-12)24-20(28)18-11-16(25-26-18)13-5-7-15(22)8-6-13/h2-9,11,17H,10H2,1H3,(H,23,27)(H,24,28)(H,25,26)/t17-/m0/s1.